The average Bonchev–Trinajstić information content (AvgIpc) is 2.95. The molecule has 0 atom stereocenters. The van der Waals surface area contributed by atoms with Gasteiger partial charge in [0.1, 0.15) is 11.5 Å². The highest BCUT2D eigenvalue weighted by molar-refractivity contribution is 7.92. The fourth-order valence-corrected chi connectivity index (χ4v) is 6.60. The molecule has 2 aliphatic rings. The number of amides is 1. The van der Waals surface area contributed by atoms with Crippen molar-refractivity contribution in [1.29, 1.82) is 0 Å². The van der Waals surface area contributed by atoms with Crippen LogP contribution in [0.5, 0.6) is 11.5 Å². The summed E-state index contributed by atoms with van der Waals surface area (Å²) in [5.41, 5.74) is 1.75. The monoisotopic (exact) mass is 605 g/mol. The van der Waals surface area contributed by atoms with Crippen LogP contribution < -0.4 is 9.46 Å². The normalized spacial score (nSPS) is 17.0. The minimum atomic E-state index is -3.30. The molecule has 2 fully saturated rings. The van der Waals surface area contributed by atoms with Gasteiger partial charge in [-0.2, -0.15) is 0 Å². The van der Waals surface area contributed by atoms with Crippen LogP contribution in [0.25, 0.3) is 0 Å². The lowest BCUT2D eigenvalue weighted by Gasteiger charge is -2.39. The first-order valence-electron chi connectivity index (χ1n) is 15.2. The lowest BCUT2D eigenvalue weighted by atomic mass is 9.86. The van der Waals surface area contributed by atoms with Gasteiger partial charge in [0.2, 0.25) is 15.9 Å². The molecule has 1 N–H and O–H groups in total. The molecule has 7 nitrogen and oxygen atoms in total. The summed E-state index contributed by atoms with van der Waals surface area (Å²) in [6.07, 6.45) is 13.9. The number of likely N-dealkylation sites (tertiary alicyclic amines) is 1. The van der Waals surface area contributed by atoms with Crippen molar-refractivity contribution in [2.45, 2.75) is 90.1 Å². The molecule has 1 heterocycles. The molecule has 2 aromatic rings. The Morgan fingerprint density at radius 1 is 0.951 bits per heavy atom. The van der Waals surface area contributed by atoms with Crippen molar-refractivity contribution in [1.82, 2.24) is 9.80 Å². The highest BCUT2D eigenvalue weighted by atomic mass is 35.5. The van der Waals surface area contributed by atoms with E-state index < -0.39 is 10.0 Å². The molecular weight excluding hydrogens is 558 g/mol. The minimum Gasteiger partial charge on any atom is -0.457 e. The van der Waals surface area contributed by atoms with E-state index in [0.29, 0.717) is 23.4 Å². The molecular formula is C32H48ClN3O4S. The van der Waals surface area contributed by atoms with Crippen LogP contribution in [-0.2, 0) is 21.4 Å². The van der Waals surface area contributed by atoms with Crippen LogP contribution in [0.4, 0.5) is 5.69 Å². The van der Waals surface area contributed by atoms with Crippen LogP contribution in [0.3, 0.4) is 0 Å². The van der Waals surface area contributed by atoms with Crippen LogP contribution in [0.15, 0.2) is 48.5 Å². The first-order chi connectivity index (χ1) is 19.3. The van der Waals surface area contributed by atoms with E-state index in [2.05, 4.69) is 33.6 Å². The Labute approximate surface area is 253 Å². The Morgan fingerprint density at radius 2 is 1.56 bits per heavy atom. The van der Waals surface area contributed by atoms with Crippen molar-refractivity contribution in [3.63, 3.8) is 0 Å². The van der Waals surface area contributed by atoms with E-state index in [0.717, 1.165) is 82.6 Å². The van der Waals surface area contributed by atoms with Crippen molar-refractivity contribution in [3.05, 3.63) is 54.1 Å². The van der Waals surface area contributed by atoms with Gasteiger partial charge in [0.25, 0.3) is 0 Å². The predicted octanol–water partition coefficient (Wildman–Crippen LogP) is 7.23. The van der Waals surface area contributed by atoms with Gasteiger partial charge in [-0.05, 0) is 73.6 Å². The number of ether oxygens (including phenoxy) is 1. The molecule has 1 saturated heterocycles. The van der Waals surface area contributed by atoms with Gasteiger partial charge in [-0.15, -0.1) is 12.4 Å². The van der Waals surface area contributed by atoms with Crippen LogP contribution in [0.1, 0.15) is 83.1 Å². The summed E-state index contributed by atoms with van der Waals surface area (Å²) in [5.74, 6) is 2.53. The average molecular weight is 606 g/mol. The molecule has 4 rings (SSSR count). The van der Waals surface area contributed by atoms with Gasteiger partial charge in [0, 0.05) is 44.3 Å². The number of halogens is 1. The van der Waals surface area contributed by atoms with E-state index in [1.165, 1.54) is 37.7 Å². The zero-order valence-electron chi connectivity index (χ0n) is 24.7. The topological polar surface area (TPSA) is 79.0 Å². The maximum Gasteiger partial charge on any atom is 0.229 e. The molecule has 0 spiro atoms. The number of nitrogens with zero attached hydrogens (tertiary/aromatic N) is 2. The molecule has 0 bridgehead atoms. The van der Waals surface area contributed by atoms with Crippen molar-refractivity contribution in [3.8, 4) is 11.5 Å². The van der Waals surface area contributed by atoms with Crippen molar-refractivity contribution >= 4 is 34.0 Å². The number of carbonyl (C=O) groups excluding carboxylic acids is 1. The van der Waals surface area contributed by atoms with Gasteiger partial charge in [0.05, 0.1) is 6.26 Å². The number of rotatable bonds is 13. The third kappa shape index (κ3) is 11.1. The first-order valence-corrected chi connectivity index (χ1v) is 17.0. The molecule has 1 amide bonds. The third-order valence-electron chi connectivity index (χ3n) is 8.28. The van der Waals surface area contributed by atoms with Crippen molar-refractivity contribution < 1.29 is 17.9 Å². The highest BCUT2D eigenvalue weighted by Crippen LogP contribution is 2.29. The second kappa shape index (κ2) is 16.4. The number of hydrogen-bond donors (Lipinski definition) is 1. The maximum atomic E-state index is 13.3. The maximum absolute atomic E-state index is 13.3. The van der Waals surface area contributed by atoms with E-state index in [1.54, 1.807) is 24.3 Å². The van der Waals surface area contributed by atoms with Gasteiger partial charge in [-0.3, -0.25) is 14.4 Å². The molecule has 228 valence electrons. The minimum absolute atomic E-state index is 0. The zero-order chi connectivity index (χ0) is 28.4. The lowest BCUT2D eigenvalue weighted by molar-refractivity contribution is -0.135. The first kappa shape index (κ1) is 33.2. The summed E-state index contributed by atoms with van der Waals surface area (Å²) in [5, 5.41) is 0. The molecule has 0 radical (unpaired) electrons. The van der Waals surface area contributed by atoms with E-state index >= 15 is 0 Å². The van der Waals surface area contributed by atoms with Gasteiger partial charge >= 0.3 is 0 Å². The number of anilines is 1. The molecule has 1 aliphatic carbocycles. The second-order valence-electron chi connectivity index (χ2n) is 11.6. The molecule has 9 heteroatoms. The van der Waals surface area contributed by atoms with Crippen LogP contribution in [0.2, 0.25) is 0 Å². The molecule has 0 aromatic heterocycles. The van der Waals surface area contributed by atoms with Gasteiger partial charge in [0.15, 0.2) is 0 Å². The van der Waals surface area contributed by atoms with E-state index in [-0.39, 0.29) is 12.4 Å². The standard InChI is InChI=1S/C32H47N3O4S.ClH/c1-3-4-22-35(32(36)19-12-26-8-6-5-7-9-26)29-20-23-34(24-21-29)25-27-10-15-30(16-11-27)39-31-17-13-28(14-18-31)33-40(2,37)38;/h10-11,13-18,26,29,33H,3-9,12,19-25H2,1-2H3;1H. The fraction of sp³-hybridized carbons (Fsp3) is 0.594. The Balaban J connectivity index is 0.00000462. The van der Waals surface area contributed by atoms with Crippen LogP contribution in [-0.4, -0.2) is 56.1 Å². The van der Waals surface area contributed by atoms with Gasteiger partial charge < -0.3 is 9.64 Å². The Kier molecular flexibility index (Phi) is 13.3. The summed E-state index contributed by atoms with van der Waals surface area (Å²) in [6.45, 7) is 6.02. The predicted molar refractivity (Wildman–Crippen MR) is 169 cm³/mol. The number of nitrogens with one attached hydrogen (secondary N) is 1. The SMILES string of the molecule is CCCCN(C(=O)CCC1CCCCC1)C1CCN(Cc2ccc(Oc3ccc(NS(C)(=O)=O)cc3)cc2)CC1.Cl. The Hall–Kier alpha value is -2.29. The van der Waals surface area contributed by atoms with E-state index in [4.69, 9.17) is 4.74 Å². The van der Waals surface area contributed by atoms with Gasteiger partial charge in [-0.1, -0.05) is 57.6 Å². The quantitative estimate of drug-likeness (QED) is 0.261. The smallest absolute Gasteiger partial charge is 0.229 e. The highest BCUT2D eigenvalue weighted by Gasteiger charge is 2.28. The number of benzene rings is 2. The van der Waals surface area contributed by atoms with Crippen molar-refractivity contribution in [2.24, 2.45) is 5.92 Å². The van der Waals surface area contributed by atoms with Crippen LogP contribution >= 0.6 is 12.4 Å². The number of piperidine rings is 1. The van der Waals surface area contributed by atoms with Gasteiger partial charge in [-0.25, -0.2) is 8.42 Å². The lowest BCUT2D eigenvalue weighted by Crippen LogP contribution is -2.47. The second-order valence-corrected chi connectivity index (χ2v) is 13.4. The number of sulfonamides is 1. The molecule has 1 saturated carbocycles. The van der Waals surface area contributed by atoms with E-state index in [9.17, 15) is 13.2 Å². The zero-order valence-corrected chi connectivity index (χ0v) is 26.4. The largest absolute Gasteiger partial charge is 0.457 e. The number of carbonyl (C=O) groups is 1. The summed E-state index contributed by atoms with van der Waals surface area (Å²) < 4.78 is 31.1. The summed E-state index contributed by atoms with van der Waals surface area (Å²) in [4.78, 5) is 18.0. The van der Waals surface area contributed by atoms with E-state index in [1.807, 2.05) is 12.1 Å². The summed E-state index contributed by atoms with van der Waals surface area (Å²) in [7, 11) is -3.30. The third-order valence-corrected chi connectivity index (χ3v) is 8.89. The summed E-state index contributed by atoms with van der Waals surface area (Å²) in [6, 6.07) is 15.4. The van der Waals surface area contributed by atoms with Crippen molar-refractivity contribution in [2.75, 3.05) is 30.6 Å². The molecule has 0 unspecified atom stereocenters. The Bertz CT molecular complexity index is 1160. The molecule has 41 heavy (non-hydrogen) atoms. The molecule has 2 aromatic carbocycles. The fourth-order valence-electron chi connectivity index (χ4n) is 6.04. The number of unbranched alkanes of at least 4 members (excludes halogenated alkanes) is 1. The summed E-state index contributed by atoms with van der Waals surface area (Å²) >= 11 is 0. The number of hydrogen-bond acceptors (Lipinski definition) is 5. The molecule has 1 aliphatic heterocycles. The van der Waals surface area contributed by atoms with Crippen LogP contribution in [0, 0.1) is 5.92 Å². The Morgan fingerprint density at radius 3 is 2.15 bits per heavy atom.